The van der Waals surface area contributed by atoms with Gasteiger partial charge in [-0.3, -0.25) is 4.99 Å². The summed E-state index contributed by atoms with van der Waals surface area (Å²) in [5.41, 5.74) is 0.0339. The number of alkyl halides is 2. The van der Waals surface area contributed by atoms with E-state index in [4.69, 9.17) is 0 Å². The molecule has 1 aliphatic heterocycles. The highest BCUT2D eigenvalue weighted by molar-refractivity contribution is 8.13. The number of aliphatic imine (C=N–C) groups is 1. The van der Waals surface area contributed by atoms with E-state index >= 15 is 0 Å². The van der Waals surface area contributed by atoms with Crippen LogP contribution < -0.4 is 5.32 Å². The molecule has 5 heteroatoms. The zero-order valence-electron chi connectivity index (χ0n) is 8.52. The molecule has 1 heterocycles. The fraction of sp³-hybridized carbons (Fsp3) is 0.889. The Labute approximate surface area is 87.6 Å². The number of hydrogen-bond donors (Lipinski definition) is 1. The van der Waals surface area contributed by atoms with Gasteiger partial charge in [0.1, 0.15) is 6.54 Å². The number of nitrogens with one attached hydrogen (secondary N) is 1. The van der Waals surface area contributed by atoms with Gasteiger partial charge in [-0.25, -0.2) is 8.78 Å². The SMILES string of the molecule is CCC1(C)CCSC(=NCC(F)F)N1. The first-order valence-corrected chi connectivity index (χ1v) is 5.78. The fourth-order valence-electron chi connectivity index (χ4n) is 1.23. The second-order valence-corrected chi connectivity index (χ2v) is 4.76. The van der Waals surface area contributed by atoms with E-state index in [1.165, 1.54) is 11.8 Å². The smallest absolute Gasteiger partial charge is 0.257 e. The van der Waals surface area contributed by atoms with Gasteiger partial charge in [-0.2, -0.15) is 0 Å². The Hall–Kier alpha value is -0.320. The van der Waals surface area contributed by atoms with Crippen molar-refractivity contribution in [3.05, 3.63) is 0 Å². The Morgan fingerprint density at radius 1 is 1.64 bits per heavy atom. The second kappa shape index (κ2) is 4.96. The average molecular weight is 222 g/mol. The van der Waals surface area contributed by atoms with E-state index in [9.17, 15) is 8.78 Å². The van der Waals surface area contributed by atoms with Crippen molar-refractivity contribution < 1.29 is 8.78 Å². The van der Waals surface area contributed by atoms with Gasteiger partial charge in [0.2, 0.25) is 0 Å². The van der Waals surface area contributed by atoms with E-state index in [0.717, 1.165) is 18.6 Å². The quantitative estimate of drug-likeness (QED) is 0.793. The number of halogens is 2. The van der Waals surface area contributed by atoms with Crippen molar-refractivity contribution in [3.63, 3.8) is 0 Å². The van der Waals surface area contributed by atoms with E-state index in [-0.39, 0.29) is 5.54 Å². The van der Waals surface area contributed by atoms with Crippen molar-refractivity contribution in [1.29, 1.82) is 0 Å². The highest BCUT2D eigenvalue weighted by Gasteiger charge is 2.27. The average Bonchev–Trinajstić information content (AvgIpc) is 2.15. The standard InChI is InChI=1S/C9H16F2N2S/c1-3-9(2)4-5-14-8(13-9)12-6-7(10)11/h7H,3-6H2,1-2H3,(H,12,13). The van der Waals surface area contributed by atoms with Gasteiger partial charge in [0, 0.05) is 11.3 Å². The molecule has 1 N–H and O–H groups in total. The third kappa shape index (κ3) is 3.44. The molecule has 1 fully saturated rings. The molecule has 1 atom stereocenters. The van der Waals surface area contributed by atoms with E-state index in [0.29, 0.717) is 5.17 Å². The van der Waals surface area contributed by atoms with Crippen LogP contribution in [0.15, 0.2) is 4.99 Å². The lowest BCUT2D eigenvalue weighted by atomic mass is 9.96. The van der Waals surface area contributed by atoms with Crippen LogP contribution in [-0.2, 0) is 0 Å². The van der Waals surface area contributed by atoms with Crippen LogP contribution in [0.2, 0.25) is 0 Å². The third-order valence-electron chi connectivity index (χ3n) is 2.45. The Balaban J connectivity index is 2.51. The molecular formula is C9H16F2N2S. The Morgan fingerprint density at radius 2 is 2.36 bits per heavy atom. The molecule has 1 aliphatic rings. The maximum absolute atomic E-state index is 11.9. The number of amidine groups is 1. The molecule has 0 spiro atoms. The summed E-state index contributed by atoms with van der Waals surface area (Å²) in [5.74, 6) is 0.958. The highest BCUT2D eigenvalue weighted by Crippen LogP contribution is 2.24. The van der Waals surface area contributed by atoms with Crippen LogP contribution in [0, 0.1) is 0 Å². The Morgan fingerprint density at radius 3 is 2.93 bits per heavy atom. The maximum atomic E-state index is 11.9. The molecule has 1 saturated heterocycles. The number of rotatable bonds is 3. The minimum Gasteiger partial charge on any atom is -0.360 e. The van der Waals surface area contributed by atoms with Crippen LogP contribution in [0.4, 0.5) is 8.78 Å². The predicted molar refractivity (Wildman–Crippen MR) is 57.2 cm³/mol. The maximum Gasteiger partial charge on any atom is 0.257 e. The second-order valence-electron chi connectivity index (χ2n) is 3.67. The summed E-state index contributed by atoms with van der Waals surface area (Å²) < 4.78 is 23.8. The lowest BCUT2D eigenvalue weighted by molar-refractivity contribution is 0.158. The first-order chi connectivity index (χ1) is 6.56. The van der Waals surface area contributed by atoms with Crippen LogP contribution >= 0.6 is 11.8 Å². The zero-order chi connectivity index (χ0) is 10.6. The van der Waals surface area contributed by atoms with E-state index in [2.05, 4.69) is 24.2 Å². The first-order valence-electron chi connectivity index (χ1n) is 4.79. The molecule has 0 aliphatic carbocycles. The summed E-state index contributed by atoms with van der Waals surface area (Å²) in [6, 6.07) is 0. The van der Waals surface area contributed by atoms with Gasteiger partial charge in [-0.05, 0) is 19.8 Å². The van der Waals surface area contributed by atoms with Crippen LogP contribution in [0.1, 0.15) is 26.7 Å². The zero-order valence-corrected chi connectivity index (χ0v) is 9.33. The summed E-state index contributed by atoms with van der Waals surface area (Å²) in [7, 11) is 0. The van der Waals surface area contributed by atoms with Gasteiger partial charge in [-0.1, -0.05) is 18.7 Å². The monoisotopic (exact) mass is 222 g/mol. The molecule has 0 amide bonds. The van der Waals surface area contributed by atoms with E-state index in [1.54, 1.807) is 0 Å². The summed E-state index contributed by atoms with van der Waals surface area (Å²) in [5, 5.41) is 3.88. The predicted octanol–water partition coefficient (Wildman–Crippen LogP) is 2.50. The van der Waals surface area contributed by atoms with Gasteiger partial charge in [-0.15, -0.1) is 0 Å². The van der Waals surface area contributed by atoms with Crippen LogP contribution in [-0.4, -0.2) is 29.4 Å². The summed E-state index contributed by atoms with van der Waals surface area (Å²) in [6.45, 7) is 3.80. The van der Waals surface area contributed by atoms with Crippen molar-refractivity contribution in [2.24, 2.45) is 4.99 Å². The van der Waals surface area contributed by atoms with Crippen LogP contribution in [0.3, 0.4) is 0 Å². The number of hydrogen-bond acceptors (Lipinski definition) is 2. The molecule has 0 saturated carbocycles. The largest absolute Gasteiger partial charge is 0.360 e. The molecule has 0 aromatic heterocycles. The third-order valence-corrected chi connectivity index (χ3v) is 3.37. The van der Waals surface area contributed by atoms with Crippen molar-refractivity contribution in [3.8, 4) is 0 Å². The lowest BCUT2D eigenvalue weighted by Crippen LogP contribution is -2.48. The molecule has 0 aromatic rings. The Bertz CT molecular complexity index is 221. The molecule has 0 radical (unpaired) electrons. The molecule has 1 rings (SSSR count). The van der Waals surface area contributed by atoms with Crippen molar-refractivity contribution >= 4 is 16.9 Å². The summed E-state index contributed by atoms with van der Waals surface area (Å²) >= 11 is 1.53. The van der Waals surface area contributed by atoms with Crippen molar-refractivity contribution in [1.82, 2.24) is 5.32 Å². The minimum absolute atomic E-state index is 0.0339. The summed E-state index contributed by atoms with van der Waals surface area (Å²) in [6.07, 6.45) is -0.303. The first kappa shape index (κ1) is 11.8. The molecule has 14 heavy (non-hydrogen) atoms. The lowest BCUT2D eigenvalue weighted by Gasteiger charge is -2.35. The summed E-state index contributed by atoms with van der Waals surface area (Å²) in [4.78, 5) is 3.84. The van der Waals surface area contributed by atoms with Gasteiger partial charge in [0.15, 0.2) is 5.17 Å². The fourth-order valence-corrected chi connectivity index (χ4v) is 2.46. The Kier molecular flexibility index (Phi) is 4.16. The number of thioether (sulfide) groups is 1. The highest BCUT2D eigenvalue weighted by atomic mass is 32.2. The number of nitrogens with zero attached hydrogens (tertiary/aromatic N) is 1. The molecule has 2 nitrogen and oxygen atoms in total. The minimum atomic E-state index is -2.35. The van der Waals surface area contributed by atoms with Gasteiger partial charge in [0.25, 0.3) is 6.43 Å². The molecule has 0 bridgehead atoms. The molecular weight excluding hydrogens is 206 g/mol. The normalized spacial score (nSPS) is 30.8. The van der Waals surface area contributed by atoms with E-state index < -0.39 is 13.0 Å². The van der Waals surface area contributed by atoms with Crippen LogP contribution in [0.5, 0.6) is 0 Å². The van der Waals surface area contributed by atoms with E-state index in [1.807, 2.05) is 0 Å². The van der Waals surface area contributed by atoms with Crippen LogP contribution in [0.25, 0.3) is 0 Å². The van der Waals surface area contributed by atoms with Gasteiger partial charge in [0.05, 0.1) is 0 Å². The van der Waals surface area contributed by atoms with Gasteiger partial charge >= 0.3 is 0 Å². The molecule has 0 aromatic carbocycles. The molecule has 1 unspecified atom stereocenters. The van der Waals surface area contributed by atoms with Crippen molar-refractivity contribution in [2.45, 2.75) is 38.7 Å². The van der Waals surface area contributed by atoms with Gasteiger partial charge < -0.3 is 5.32 Å². The topological polar surface area (TPSA) is 24.4 Å². The molecule has 82 valence electrons. The van der Waals surface area contributed by atoms with Crippen molar-refractivity contribution in [2.75, 3.05) is 12.3 Å².